The summed E-state index contributed by atoms with van der Waals surface area (Å²) in [6, 6.07) is 10.3. The van der Waals surface area contributed by atoms with E-state index >= 15 is 0 Å². The number of Topliss-reactive ketones (excluding diaryl/α,β-unsaturated/α-hetero) is 1. The fourth-order valence-electron chi connectivity index (χ4n) is 2.39. The van der Waals surface area contributed by atoms with Crippen molar-refractivity contribution in [3.63, 3.8) is 0 Å². The van der Waals surface area contributed by atoms with Crippen LogP contribution in [0.2, 0.25) is 0 Å². The van der Waals surface area contributed by atoms with Crippen molar-refractivity contribution < 1.29 is 13.9 Å². The molecule has 1 aliphatic rings. The Labute approximate surface area is 124 Å². The number of ether oxygens (including phenoxy) is 1. The summed E-state index contributed by atoms with van der Waals surface area (Å²) in [5.74, 6) is 0.527. The first kappa shape index (κ1) is 13.3. The first-order chi connectivity index (χ1) is 9.65. The van der Waals surface area contributed by atoms with Crippen molar-refractivity contribution in [3.8, 4) is 5.75 Å². The summed E-state index contributed by atoms with van der Waals surface area (Å²) in [7, 11) is 0. The summed E-state index contributed by atoms with van der Waals surface area (Å²) >= 11 is 3.22. The average molecular weight is 335 g/mol. The molecule has 0 heterocycles. The molecule has 0 aliphatic heterocycles. The molecule has 0 N–H and O–H groups in total. The molecule has 2 nitrogen and oxygen atoms in total. The van der Waals surface area contributed by atoms with Crippen LogP contribution in [0.25, 0.3) is 0 Å². The molecule has 20 heavy (non-hydrogen) atoms. The quantitative estimate of drug-likeness (QED) is 0.836. The van der Waals surface area contributed by atoms with Crippen molar-refractivity contribution in [2.24, 2.45) is 0 Å². The van der Waals surface area contributed by atoms with Gasteiger partial charge in [-0.25, -0.2) is 4.39 Å². The zero-order valence-electron chi connectivity index (χ0n) is 10.7. The number of carbonyl (C=O) groups is 1. The van der Waals surface area contributed by atoms with Crippen LogP contribution in [0.1, 0.15) is 27.9 Å². The number of fused-ring (bicyclic) bond motifs is 1. The van der Waals surface area contributed by atoms with Gasteiger partial charge in [-0.2, -0.15) is 0 Å². The summed E-state index contributed by atoms with van der Waals surface area (Å²) < 4.78 is 20.1. The van der Waals surface area contributed by atoms with E-state index in [0.717, 1.165) is 11.1 Å². The highest BCUT2D eigenvalue weighted by Gasteiger charge is 2.22. The van der Waals surface area contributed by atoms with Crippen molar-refractivity contribution in [1.29, 1.82) is 0 Å². The fraction of sp³-hybridized carbons (Fsp3) is 0.188. The van der Waals surface area contributed by atoms with Gasteiger partial charge < -0.3 is 4.74 Å². The number of rotatable bonds is 3. The molecule has 0 aromatic heterocycles. The molecule has 0 saturated heterocycles. The zero-order chi connectivity index (χ0) is 14.1. The van der Waals surface area contributed by atoms with Crippen LogP contribution in [0.4, 0.5) is 4.39 Å². The van der Waals surface area contributed by atoms with E-state index < -0.39 is 0 Å². The Morgan fingerprint density at radius 1 is 1.20 bits per heavy atom. The van der Waals surface area contributed by atoms with Crippen molar-refractivity contribution in [1.82, 2.24) is 0 Å². The SMILES string of the molecule is O=C1CCc2c(OCc3ccc(Br)cc3F)cccc21. The highest BCUT2D eigenvalue weighted by atomic mass is 79.9. The Kier molecular flexibility index (Phi) is 3.57. The Morgan fingerprint density at radius 3 is 2.85 bits per heavy atom. The second-order valence-corrected chi connectivity index (χ2v) is 5.65. The predicted octanol–water partition coefficient (Wildman–Crippen LogP) is 4.30. The van der Waals surface area contributed by atoms with Gasteiger partial charge in [-0.05, 0) is 24.6 Å². The fourth-order valence-corrected chi connectivity index (χ4v) is 2.72. The molecule has 0 atom stereocenters. The minimum atomic E-state index is -0.303. The lowest BCUT2D eigenvalue weighted by Crippen LogP contribution is -2.01. The van der Waals surface area contributed by atoms with Crippen LogP contribution >= 0.6 is 15.9 Å². The highest BCUT2D eigenvalue weighted by molar-refractivity contribution is 9.10. The molecule has 0 bridgehead atoms. The number of hydrogen-bond acceptors (Lipinski definition) is 2. The van der Waals surface area contributed by atoms with Gasteiger partial charge in [0.15, 0.2) is 5.78 Å². The maximum absolute atomic E-state index is 13.7. The summed E-state index contributed by atoms with van der Waals surface area (Å²) in [6.07, 6.45) is 1.23. The number of ketones is 1. The molecule has 102 valence electrons. The van der Waals surface area contributed by atoms with Crippen LogP contribution in [0.5, 0.6) is 5.75 Å². The Hall–Kier alpha value is -1.68. The van der Waals surface area contributed by atoms with E-state index in [4.69, 9.17) is 4.74 Å². The number of hydrogen-bond donors (Lipinski definition) is 0. The van der Waals surface area contributed by atoms with Gasteiger partial charge in [-0.3, -0.25) is 4.79 Å². The van der Waals surface area contributed by atoms with E-state index in [2.05, 4.69) is 15.9 Å². The predicted molar refractivity (Wildman–Crippen MR) is 77.5 cm³/mol. The topological polar surface area (TPSA) is 26.3 Å². The van der Waals surface area contributed by atoms with Gasteiger partial charge in [0.2, 0.25) is 0 Å². The molecule has 0 radical (unpaired) electrons. The van der Waals surface area contributed by atoms with Crippen LogP contribution in [0.15, 0.2) is 40.9 Å². The lowest BCUT2D eigenvalue weighted by atomic mass is 10.1. The Morgan fingerprint density at radius 2 is 2.05 bits per heavy atom. The maximum atomic E-state index is 13.7. The molecule has 1 aliphatic carbocycles. The first-order valence-corrected chi connectivity index (χ1v) is 7.16. The van der Waals surface area contributed by atoms with Crippen LogP contribution in [-0.2, 0) is 13.0 Å². The normalized spacial score (nSPS) is 13.4. The molecular weight excluding hydrogens is 323 g/mol. The van der Waals surface area contributed by atoms with Crippen molar-refractivity contribution in [2.45, 2.75) is 19.4 Å². The van der Waals surface area contributed by atoms with Crippen LogP contribution in [0, 0.1) is 5.82 Å². The van der Waals surface area contributed by atoms with Gasteiger partial charge >= 0.3 is 0 Å². The second-order valence-electron chi connectivity index (χ2n) is 4.73. The van der Waals surface area contributed by atoms with Gasteiger partial charge in [-0.15, -0.1) is 0 Å². The monoisotopic (exact) mass is 334 g/mol. The van der Waals surface area contributed by atoms with Gasteiger partial charge in [0.1, 0.15) is 18.2 Å². The third-order valence-corrected chi connectivity index (χ3v) is 3.93. The Bertz CT molecular complexity index is 682. The summed E-state index contributed by atoms with van der Waals surface area (Å²) in [6.45, 7) is 0.157. The molecule has 0 spiro atoms. The summed E-state index contributed by atoms with van der Waals surface area (Å²) in [5.41, 5.74) is 2.17. The van der Waals surface area contributed by atoms with Crippen molar-refractivity contribution in [2.75, 3.05) is 0 Å². The summed E-state index contributed by atoms with van der Waals surface area (Å²) in [4.78, 5) is 11.7. The third kappa shape index (κ3) is 2.48. The molecular formula is C16H12BrFO2. The lowest BCUT2D eigenvalue weighted by molar-refractivity contribution is 0.0994. The van der Waals surface area contributed by atoms with E-state index in [0.29, 0.717) is 28.6 Å². The van der Waals surface area contributed by atoms with Gasteiger partial charge in [0.05, 0.1) is 0 Å². The van der Waals surface area contributed by atoms with E-state index in [1.807, 2.05) is 12.1 Å². The number of halogens is 2. The van der Waals surface area contributed by atoms with Crippen molar-refractivity contribution in [3.05, 3.63) is 63.4 Å². The maximum Gasteiger partial charge on any atom is 0.163 e. The smallest absolute Gasteiger partial charge is 0.163 e. The molecule has 0 fully saturated rings. The largest absolute Gasteiger partial charge is 0.488 e. The second kappa shape index (κ2) is 5.37. The summed E-state index contributed by atoms with van der Waals surface area (Å²) in [5, 5.41) is 0. The van der Waals surface area contributed by atoms with Gasteiger partial charge in [-0.1, -0.05) is 34.1 Å². The van der Waals surface area contributed by atoms with E-state index in [1.165, 1.54) is 6.07 Å². The van der Waals surface area contributed by atoms with E-state index in [1.54, 1.807) is 18.2 Å². The van der Waals surface area contributed by atoms with Gasteiger partial charge in [0.25, 0.3) is 0 Å². The van der Waals surface area contributed by atoms with Gasteiger partial charge in [0, 0.05) is 27.6 Å². The molecule has 2 aromatic carbocycles. The number of carbonyl (C=O) groups excluding carboxylic acids is 1. The number of benzene rings is 2. The van der Waals surface area contributed by atoms with Crippen LogP contribution in [-0.4, -0.2) is 5.78 Å². The molecule has 4 heteroatoms. The minimum Gasteiger partial charge on any atom is -0.488 e. The molecule has 2 aromatic rings. The minimum absolute atomic E-state index is 0.153. The first-order valence-electron chi connectivity index (χ1n) is 6.37. The lowest BCUT2D eigenvalue weighted by Gasteiger charge is -2.11. The third-order valence-electron chi connectivity index (χ3n) is 3.43. The molecule has 0 unspecified atom stereocenters. The van der Waals surface area contributed by atoms with Crippen LogP contribution in [0.3, 0.4) is 0 Å². The standard InChI is InChI=1S/C16H12BrFO2/c17-11-5-4-10(14(18)8-11)9-20-16-3-1-2-12-13(16)6-7-15(12)19/h1-5,8H,6-7,9H2. The molecule has 3 rings (SSSR count). The Balaban J connectivity index is 1.81. The highest BCUT2D eigenvalue weighted by Crippen LogP contribution is 2.31. The van der Waals surface area contributed by atoms with E-state index in [-0.39, 0.29) is 18.2 Å². The van der Waals surface area contributed by atoms with E-state index in [9.17, 15) is 9.18 Å². The molecule has 0 amide bonds. The van der Waals surface area contributed by atoms with Crippen molar-refractivity contribution >= 4 is 21.7 Å². The molecule has 0 saturated carbocycles. The van der Waals surface area contributed by atoms with Crippen LogP contribution < -0.4 is 4.74 Å². The zero-order valence-corrected chi connectivity index (χ0v) is 12.2. The average Bonchev–Trinajstić information content (AvgIpc) is 2.80.